The van der Waals surface area contributed by atoms with Gasteiger partial charge in [0.05, 0.1) is 11.7 Å². The lowest BCUT2D eigenvalue weighted by molar-refractivity contribution is -0.131. The van der Waals surface area contributed by atoms with Crippen molar-refractivity contribution in [2.24, 2.45) is 0 Å². The van der Waals surface area contributed by atoms with E-state index in [1.165, 1.54) is 6.08 Å². The van der Waals surface area contributed by atoms with E-state index < -0.39 is 5.97 Å². The predicted molar refractivity (Wildman–Crippen MR) is 49.6 cm³/mol. The van der Waals surface area contributed by atoms with E-state index in [1.54, 1.807) is 0 Å². The van der Waals surface area contributed by atoms with Crippen LogP contribution in [0.25, 0.3) is 0 Å². The molecule has 0 spiro atoms. The molecule has 1 heterocycles. The molecule has 0 radical (unpaired) electrons. The molecule has 1 saturated heterocycles. The number of hydrogen-bond donors (Lipinski definition) is 1. The second-order valence-corrected chi connectivity index (χ2v) is 4.08. The normalized spacial score (nSPS) is 25.8. The summed E-state index contributed by atoms with van der Waals surface area (Å²) in [4.78, 5) is 10.3. The molecule has 0 bridgehead atoms. The van der Waals surface area contributed by atoms with Gasteiger partial charge in [-0.05, 0) is 33.6 Å². The Kier molecular flexibility index (Phi) is 2.76. The van der Waals surface area contributed by atoms with E-state index in [0.29, 0.717) is 6.10 Å². The van der Waals surface area contributed by atoms with Crippen LogP contribution >= 0.6 is 0 Å². The van der Waals surface area contributed by atoms with E-state index in [9.17, 15) is 4.79 Å². The number of carbonyl (C=O) groups is 1. The Hall–Kier alpha value is -0.830. The Morgan fingerprint density at radius 3 is 2.54 bits per heavy atom. The third-order valence-electron chi connectivity index (χ3n) is 2.33. The first-order chi connectivity index (χ1) is 5.92. The third-order valence-corrected chi connectivity index (χ3v) is 2.33. The summed E-state index contributed by atoms with van der Waals surface area (Å²) in [5.74, 6) is -0.867. The molecule has 1 fully saturated rings. The van der Waals surface area contributed by atoms with E-state index in [4.69, 9.17) is 9.84 Å². The molecule has 0 aromatic rings. The predicted octanol–water partition coefficient (Wildman–Crippen LogP) is 1.97. The molecule has 13 heavy (non-hydrogen) atoms. The van der Waals surface area contributed by atoms with Gasteiger partial charge in [0.2, 0.25) is 0 Å². The Labute approximate surface area is 78.4 Å². The maximum absolute atomic E-state index is 10.3. The van der Waals surface area contributed by atoms with Crippen LogP contribution in [0, 0.1) is 0 Å². The lowest BCUT2D eigenvalue weighted by atomic mass is 10.0. The number of ether oxygens (including phenoxy) is 1. The van der Waals surface area contributed by atoms with E-state index in [0.717, 1.165) is 18.4 Å². The minimum Gasteiger partial charge on any atom is -0.478 e. The highest BCUT2D eigenvalue weighted by atomic mass is 16.6. The number of allylic oxidation sites excluding steroid dienone is 1. The van der Waals surface area contributed by atoms with Crippen molar-refractivity contribution in [1.82, 2.24) is 0 Å². The topological polar surface area (TPSA) is 49.8 Å². The Bertz CT molecular complexity index is 241. The summed E-state index contributed by atoms with van der Waals surface area (Å²) in [7, 11) is 0. The van der Waals surface area contributed by atoms with Gasteiger partial charge in [0, 0.05) is 6.08 Å². The highest BCUT2D eigenvalue weighted by Gasteiger charge is 2.46. The van der Waals surface area contributed by atoms with Gasteiger partial charge in [0.25, 0.3) is 0 Å². The molecule has 1 aliphatic heterocycles. The van der Waals surface area contributed by atoms with E-state index in [1.807, 2.05) is 20.8 Å². The Morgan fingerprint density at radius 2 is 2.15 bits per heavy atom. The molecular formula is C10H16O3. The van der Waals surface area contributed by atoms with Crippen LogP contribution in [0.1, 0.15) is 33.6 Å². The van der Waals surface area contributed by atoms with Gasteiger partial charge in [-0.3, -0.25) is 0 Å². The molecule has 0 aromatic heterocycles. The molecule has 3 heteroatoms. The number of rotatable bonds is 4. The molecule has 0 amide bonds. The van der Waals surface area contributed by atoms with Crippen LogP contribution < -0.4 is 0 Å². The first-order valence-electron chi connectivity index (χ1n) is 4.50. The second kappa shape index (κ2) is 3.50. The van der Waals surface area contributed by atoms with Crippen molar-refractivity contribution < 1.29 is 14.6 Å². The number of carboxylic acids is 1. The van der Waals surface area contributed by atoms with Gasteiger partial charge in [-0.25, -0.2) is 4.79 Å². The summed E-state index contributed by atoms with van der Waals surface area (Å²) in [6, 6.07) is 0. The third kappa shape index (κ3) is 3.19. The summed E-state index contributed by atoms with van der Waals surface area (Å²) >= 11 is 0. The van der Waals surface area contributed by atoms with Gasteiger partial charge < -0.3 is 9.84 Å². The average Bonchev–Trinajstić information content (AvgIpc) is 2.53. The Balaban J connectivity index is 2.24. The first kappa shape index (κ1) is 10.3. The molecular weight excluding hydrogens is 168 g/mol. The summed E-state index contributed by atoms with van der Waals surface area (Å²) in [6.07, 6.45) is 3.29. The number of carboxylic acid groups (broad SMARTS) is 1. The summed E-state index contributed by atoms with van der Waals surface area (Å²) in [6.45, 7) is 5.94. The van der Waals surface area contributed by atoms with E-state index >= 15 is 0 Å². The van der Waals surface area contributed by atoms with Crippen molar-refractivity contribution in [2.75, 3.05) is 0 Å². The van der Waals surface area contributed by atoms with Crippen molar-refractivity contribution in [3.05, 3.63) is 11.6 Å². The SMILES string of the molecule is CC(=CC(=O)O)CCC1OC1(C)C. The molecule has 0 aliphatic carbocycles. The number of aliphatic carboxylic acids is 1. The zero-order chi connectivity index (χ0) is 10.1. The summed E-state index contributed by atoms with van der Waals surface area (Å²) < 4.78 is 5.39. The summed E-state index contributed by atoms with van der Waals surface area (Å²) in [5, 5.41) is 8.46. The largest absolute Gasteiger partial charge is 0.478 e. The van der Waals surface area contributed by atoms with Crippen LogP contribution in [-0.2, 0) is 9.53 Å². The van der Waals surface area contributed by atoms with Crippen molar-refractivity contribution >= 4 is 5.97 Å². The lowest BCUT2D eigenvalue weighted by Crippen LogP contribution is -2.02. The molecule has 1 N–H and O–H groups in total. The van der Waals surface area contributed by atoms with Crippen LogP contribution in [0.5, 0.6) is 0 Å². The highest BCUT2D eigenvalue weighted by Crippen LogP contribution is 2.38. The van der Waals surface area contributed by atoms with Crippen molar-refractivity contribution in [3.63, 3.8) is 0 Å². The number of hydrogen-bond acceptors (Lipinski definition) is 2. The van der Waals surface area contributed by atoms with Gasteiger partial charge >= 0.3 is 5.97 Å². The van der Waals surface area contributed by atoms with Crippen LogP contribution in [0.4, 0.5) is 0 Å². The molecule has 1 rings (SSSR count). The van der Waals surface area contributed by atoms with Crippen LogP contribution in [0.15, 0.2) is 11.6 Å². The molecule has 1 unspecified atom stereocenters. The lowest BCUT2D eigenvalue weighted by Gasteiger charge is -1.98. The Morgan fingerprint density at radius 1 is 1.62 bits per heavy atom. The molecule has 0 aromatic carbocycles. The van der Waals surface area contributed by atoms with Crippen molar-refractivity contribution in [1.29, 1.82) is 0 Å². The van der Waals surface area contributed by atoms with Crippen LogP contribution in [-0.4, -0.2) is 22.8 Å². The van der Waals surface area contributed by atoms with Gasteiger partial charge in [-0.2, -0.15) is 0 Å². The highest BCUT2D eigenvalue weighted by molar-refractivity contribution is 5.80. The van der Waals surface area contributed by atoms with E-state index in [2.05, 4.69) is 0 Å². The fourth-order valence-corrected chi connectivity index (χ4v) is 1.38. The maximum atomic E-state index is 10.3. The van der Waals surface area contributed by atoms with Gasteiger partial charge in [0.15, 0.2) is 0 Å². The van der Waals surface area contributed by atoms with Crippen LogP contribution in [0.2, 0.25) is 0 Å². The van der Waals surface area contributed by atoms with Crippen LogP contribution in [0.3, 0.4) is 0 Å². The minimum atomic E-state index is -0.867. The van der Waals surface area contributed by atoms with Crippen molar-refractivity contribution in [3.8, 4) is 0 Å². The summed E-state index contributed by atoms with van der Waals surface area (Å²) in [5.41, 5.74) is 0.919. The first-order valence-corrected chi connectivity index (χ1v) is 4.50. The molecule has 1 atom stereocenters. The monoisotopic (exact) mass is 184 g/mol. The minimum absolute atomic E-state index is 0.0174. The molecule has 1 aliphatic rings. The quantitative estimate of drug-likeness (QED) is 0.537. The second-order valence-electron chi connectivity index (χ2n) is 4.08. The van der Waals surface area contributed by atoms with Gasteiger partial charge in [-0.1, -0.05) is 5.57 Å². The molecule has 3 nitrogen and oxygen atoms in total. The van der Waals surface area contributed by atoms with Gasteiger partial charge in [-0.15, -0.1) is 0 Å². The fourth-order valence-electron chi connectivity index (χ4n) is 1.38. The number of epoxide rings is 1. The molecule has 0 saturated carbocycles. The zero-order valence-corrected chi connectivity index (χ0v) is 8.33. The standard InChI is InChI=1S/C10H16O3/c1-7(6-9(11)12)4-5-8-10(2,3)13-8/h6,8H,4-5H2,1-3H3,(H,11,12). The smallest absolute Gasteiger partial charge is 0.328 e. The van der Waals surface area contributed by atoms with Crippen molar-refractivity contribution in [2.45, 2.75) is 45.3 Å². The zero-order valence-electron chi connectivity index (χ0n) is 8.33. The molecule has 74 valence electrons. The van der Waals surface area contributed by atoms with Gasteiger partial charge in [0.1, 0.15) is 0 Å². The fraction of sp³-hybridized carbons (Fsp3) is 0.700. The maximum Gasteiger partial charge on any atom is 0.328 e. The van der Waals surface area contributed by atoms with E-state index in [-0.39, 0.29) is 5.60 Å². The average molecular weight is 184 g/mol.